The van der Waals surface area contributed by atoms with Gasteiger partial charge in [0.15, 0.2) is 6.10 Å². The molecule has 0 aromatic carbocycles. The lowest BCUT2D eigenvalue weighted by Gasteiger charge is -2.21. The molecule has 0 amide bonds. The van der Waals surface area contributed by atoms with Gasteiger partial charge in [-0.05, 0) is 148 Å². The minimum absolute atomic E-state index is 0.0368. The second kappa shape index (κ2) is 82.1. The Kier molecular flexibility index (Phi) is 78.1. The third-order valence-corrected chi connectivity index (χ3v) is 19.0. The topological polar surface area (TPSA) is 231 Å². The van der Waals surface area contributed by atoms with Crippen LogP contribution in [0.3, 0.4) is 0 Å². The number of carbonyl (C=O) groups is 3. The van der Waals surface area contributed by atoms with Crippen LogP contribution in [0, 0.1) is 0 Å². The van der Waals surface area contributed by atoms with E-state index in [0.717, 1.165) is 148 Å². The Morgan fingerprint density at radius 2 is 0.505 bits per heavy atom. The summed E-state index contributed by atoms with van der Waals surface area (Å²) in [7, 11) is -9.83. The van der Waals surface area contributed by atoms with Crippen molar-refractivity contribution >= 4 is 33.6 Å². The summed E-state index contributed by atoms with van der Waals surface area (Å²) in [6, 6.07) is 0. The molecule has 4 N–H and O–H groups in total. The van der Waals surface area contributed by atoms with Crippen molar-refractivity contribution in [2.45, 2.75) is 334 Å². The highest BCUT2D eigenvalue weighted by Crippen LogP contribution is 2.45. The van der Waals surface area contributed by atoms with E-state index in [1.54, 1.807) is 0 Å². The summed E-state index contributed by atoms with van der Waals surface area (Å²) in [5, 5.41) is 20.7. The van der Waals surface area contributed by atoms with Gasteiger partial charge in [0.2, 0.25) is 0 Å². The number of rotatable bonds is 78. The molecule has 5 unspecified atom stereocenters. The summed E-state index contributed by atoms with van der Waals surface area (Å²) in [6.45, 7) is 2.32. The first-order chi connectivity index (χ1) is 53.2. The number of phosphoric acid groups is 2. The number of unbranched alkanes of at least 4 members (excludes halogenated alkanes) is 25. The smallest absolute Gasteiger partial charge is 0.463 e. The van der Waals surface area contributed by atoms with E-state index < -0.39 is 91.5 Å². The van der Waals surface area contributed by atoms with Gasteiger partial charge in [0.25, 0.3) is 0 Å². The summed E-state index contributed by atoms with van der Waals surface area (Å²) in [5.41, 5.74) is 0. The molecule has 0 rings (SSSR count). The first-order valence-corrected chi connectivity index (χ1v) is 45.1. The standard InChI is InChI=1S/C91H150O16P2/c1-4-7-10-13-16-19-22-25-28-31-34-35-36-37-38-39-40-41-42-43-44-45-46-47-48-49-52-54-56-59-62-65-68-71-74-77-89(94)101-80-86(92)81-103-108(97,98)104-82-87(93)83-105-109(99,100)106-85-88(107-91(96)79-76-73-70-67-64-61-58-55-51-33-30-27-24-21-18-15-12-9-6-3)84-102-90(95)78-75-72-69-66-63-60-57-53-50-32-29-26-23-20-17-14-11-8-5-2/h7-8,10-11,16-21,25-30,34-35,37-38,40-41,50-51,53,55,60,63,69,72,86-88,92-93H,4-6,9,12-15,22-24,31-33,36,39,42-49,52,54,56-59,61-62,64-68,70-71,73-85H2,1-3H3,(H,97,98)(H,99,100)/b10-7-,11-8-,19-16-,20-17-,21-18-,28-25-,29-26-,30-27-,35-34-,38-37-,41-40-,53-50-,55-51-,63-60-,72-69-. The van der Waals surface area contributed by atoms with Gasteiger partial charge in [0, 0.05) is 19.3 Å². The SMILES string of the molecule is CC/C=C\C/C=C\C/C=C\C/C=C\C/C=C\C/C=C\CCCCCCCCCCCCCCCCCCC(=O)OCC(O)COP(=O)(O)OCC(O)COP(=O)(O)OCC(COC(=O)CC/C=C\C/C=C\C/C=C\C/C=C\C/C=C\C/C=C\CC)OC(=O)CCCCCCCC/C=C\C/C=C\C/C=C\CCCCC. The van der Waals surface area contributed by atoms with Crippen LogP contribution in [0.2, 0.25) is 0 Å². The summed E-state index contributed by atoms with van der Waals surface area (Å²) in [6.07, 6.45) is 107. The largest absolute Gasteiger partial charge is 0.472 e. The molecule has 0 aliphatic carbocycles. The summed E-state index contributed by atoms with van der Waals surface area (Å²) in [4.78, 5) is 58.7. The number of allylic oxidation sites excluding steroid dienone is 30. The van der Waals surface area contributed by atoms with Gasteiger partial charge in [-0.3, -0.25) is 32.5 Å². The molecule has 0 aliphatic heterocycles. The zero-order valence-electron chi connectivity index (χ0n) is 67.9. The molecule has 109 heavy (non-hydrogen) atoms. The van der Waals surface area contributed by atoms with Crippen molar-refractivity contribution < 1.29 is 75.8 Å². The second-order valence-corrected chi connectivity index (χ2v) is 30.4. The molecule has 0 fully saturated rings. The lowest BCUT2D eigenvalue weighted by atomic mass is 10.0. The molecule has 0 saturated carbocycles. The first kappa shape index (κ1) is 104. The number of phosphoric ester groups is 2. The molecule has 0 aromatic heterocycles. The molecule has 0 bridgehead atoms. The molecule has 0 spiro atoms. The molecule has 0 saturated heterocycles. The fourth-order valence-corrected chi connectivity index (χ4v) is 12.4. The van der Waals surface area contributed by atoms with Crippen LogP contribution in [0.25, 0.3) is 0 Å². The Morgan fingerprint density at radius 1 is 0.266 bits per heavy atom. The highest BCUT2D eigenvalue weighted by Gasteiger charge is 2.29. The zero-order chi connectivity index (χ0) is 79.4. The van der Waals surface area contributed by atoms with Crippen molar-refractivity contribution in [1.82, 2.24) is 0 Å². The van der Waals surface area contributed by atoms with Gasteiger partial charge >= 0.3 is 33.6 Å². The lowest BCUT2D eigenvalue weighted by molar-refractivity contribution is -0.161. The number of hydrogen-bond acceptors (Lipinski definition) is 14. The number of hydrogen-bond donors (Lipinski definition) is 4. The Labute approximate surface area is 662 Å². The van der Waals surface area contributed by atoms with Crippen LogP contribution in [-0.4, -0.2) is 95.9 Å². The molecule has 0 aliphatic rings. The Bertz CT molecular complexity index is 2710. The van der Waals surface area contributed by atoms with Crippen LogP contribution >= 0.6 is 15.6 Å². The maximum Gasteiger partial charge on any atom is 0.472 e. The van der Waals surface area contributed by atoms with E-state index in [9.17, 15) is 43.5 Å². The van der Waals surface area contributed by atoms with E-state index in [1.807, 2.05) is 18.2 Å². The van der Waals surface area contributed by atoms with Crippen molar-refractivity contribution in [1.29, 1.82) is 0 Å². The maximum atomic E-state index is 13.0. The number of aliphatic hydroxyl groups excluding tert-OH is 2. The van der Waals surface area contributed by atoms with Crippen molar-refractivity contribution in [3.05, 3.63) is 182 Å². The number of esters is 3. The van der Waals surface area contributed by atoms with Crippen LogP contribution in [-0.2, 0) is 55.8 Å². The molecule has 5 atom stereocenters. The van der Waals surface area contributed by atoms with Crippen molar-refractivity contribution in [3.8, 4) is 0 Å². The van der Waals surface area contributed by atoms with Crippen LogP contribution in [0.1, 0.15) is 316 Å². The minimum Gasteiger partial charge on any atom is -0.463 e. The van der Waals surface area contributed by atoms with E-state index in [0.29, 0.717) is 25.7 Å². The van der Waals surface area contributed by atoms with E-state index in [4.69, 9.17) is 32.3 Å². The van der Waals surface area contributed by atoms with Gasteiger partial charge in [-0.25, -0.2) is 9.13 Å². The van der Waals surface area contributed by atoms with Gasteiger partial charge in [0.05, 0.1) is 26.4 Å². The van der Waals surface area contributed by atoms with Crippen LogP contribution in [0.15, 0.2) is 182 Å². The molecular formula is C91H150O16P2. The predicted octanol–water partition coefficient (Wildman–Crippen LogP) is 25.3. The summed E-state index contributed by atoms with van der Waals surface area (Å²) < 4.78 is 61.1. The number of aliphatic hydroxyl groups is 2. The van der Waals surface area contributed by atoms with E-state index in [1.165, 1.54) is 103 Å². The highest BCUT2D eigenvalue weighted by molar-refractivity contribution is 7.47. The highest BCUT2D eigenvalue weighted by atomic mass is 31.2. The molecular weight excluding hydrogens is 1410 g/mol. The van der Waals surface area contributed by atoms with Crippen LogP contribution in [0.4, 0.5) is 0 Å². The van der Waals surface area contributed by atoms with Gasteiger partial charge in [-0.15, -0.1) is 0 Å². The predicted molar refractivity (Wildman–Crippen MR) is 454 cm³/mol. The molecule has 18 heteroatoms. The number of ether oxygens (including phenoxy) is 3. The first-order valence-electron chi connectivity index (χ1n) is 42.1. The fourth-order valence-electron chi connectivity index (χ4n) is 10.8. The summed E-state index contributed by atoms with van der Waals surface area (Å²) in [5.74, 6) is -1.69. The number of carbonyl (C=O) groups excluding carboxylic acids is 3. The zero-order valence-corrected chi connectivity index (χ0v) is 69.7. The second-order valence-electron chi connectivity index (χ2n) is 27.5. The van der Waals surface area contributed by atoms with E-state index in [2.05, 4.69) is 185 Å². The average molecular weight is 1560 g/mol. The quantitative estimate of drug-likeness (QED) is 0.0146. The van der Waals surface area contributed by atoms with Gasteiger partial charge in [0.1, 0.15) is 25.4 Å². The molecule has 0 aromatic rings. The normalized spacial score (nSPS) is 14.8. The third-order valence-electron chi connectivity index (χ3n) is 17.1. The Morgan fingerprint density at radius 3 is 0.826 bits per heavy atom. The Hall–Kier alpha value is -5.35. The van der Waals surface area contributed by atoms with E-state index >= 15 is 0 Å². The maximum absolute atomic E-state index is 13.0. The van der Waals surface area contributed by atoms with Gasteiger partial charge in [-0.2, -0.15) is 0 Å². The van der Waals surface area contributed by atoms with Crippen molar-refractivity contribution in [2.24, 2.45) is 0 Å². The van der Waals surface area contributed by atoms with Crippen molar-refractivity contribution in [3.63, 3.8) is 0 Å². The van der Waals surface area contributed by atoms with Crippen LogP contribution < -0.4 is 0 Å². The third kappa shape index (κ3) is 83.4. The van der Waals surface area contributed by atoms with Crippen molar-refractivity contribution in [2.75, 3.05) is 39.6 Å². The summed E-state index contributed by atoms with van der Waals surface area (Å²) >= 11 is 0. The Balaban J connectivity index is 4.53. The molecule has 620 valence electrons. The monoisotopic (exact) mass is 1560 g/mol. The average Bonchev–Trinajstić information content (AvgIpc) is 0.900. The van der Waals surface area contributed by atoms with E-state index in [-0.39, 0.29) is 19.3 Å². The minimum atomic E-state index is -4.96. The lowest BCUT2D eigenvalue weighted by Crippen LogP contribution is -2.30. The van der Waals surface area contributed by atoms with Gasteiger partial charge < -0.3 is 34.2 Å². The van der Waals surface area contributed by atoms with Crippen LogP contribution in [0.5, 0.6) is 0 Å². The fraction of sp³-hybridized carbons (Fsp3) is 0.637. The molecule has 0 heterocycles. The molecule has 16 nitrogen and oxygen atoms in total. The molecule has 0 radical (unpaired) electrons. The van der Waals surface area contributed by atoms with Gasteiger partial charge in [-0.1, -0.05) is 331 Å².